The van der Waals surface area contributed by atoms with Gasteiger partial charge in [0.15, 0.2) is 0 Å². The molecule has 0 unspecified atom stereocenters. The molecule has 2 rings (SSSR count). The molecule has 0 saturated heterocycles. The van der Waals surface area contributed by atoms with Crippen LogP contribution in [0.3, 0.4) is 0 Å². The highest BCUT2D eigenvalue weighted by atomic mass is 32.2. The Bertz CT molecular complexity index is 686. The Balaban J connectivity index is 2.49. The number of allylic oxidation sites excluding steroid dienone is 1. The monoisotopic (exact) mass is 327 g/mol. The minimum atomic E-state index is -3.87. The van der Waals surface area contributed by atoms with E-state index < -0.39 is 10.2 Å². The van der Waals surface area contributed by atoms with Crippen LogP contribution in [0, 0.1) is 0 Å². The fraction of sp³-hybridized carbons (Fsp3) is 0.385. The molecule has 2 heterocycles. The largest absolute Gasteiger partial charge is 0.345 e. The van der Waals surface area contributed by atoms with Gasteiger partial charge in [0, 0.05) is 20.1 Å². The van der Waals surface area contributed by atoms with E-state index in [1.807, 2.05) is 25.3 Å². The van der Waals surface area contributed by atoms with Crippen LogP contribution in [-0.2, 0) is 15.0 Å². The number of carbonyl (C=O) groups excluding carboxylic acids is 1. The molecule has 1 aliphatic rings. The highest BCUT2D eigenvalue weighted by molar-refractivity contribution is 7.88. The maximum Gasteiger partial charge on any atom is 0.345 e. The number of carbonyl (C=O) groups is 1. The average Bonchev–Trinajstić information content (AvgIpc) is 2.97. The first-order valence-electron chi connectivity index (χ1n) is 6.54. The summed E-state index contributed by atoms with van der Waals surface area (Å²) in [6.07, 6.45) is 1.54. The van der Waals surface area contributed by atoms with Gasteiger partial charge in [-0.1, -0.05) is 6.07 Å². The molecular weight excluding hydrogens is 310 g/mol. The summed E-state index contributed by atoms with van der Waals surface area (Å²) in [5, 5.41) is 1.84. The zero-order valence-corrected chi connectivity index (χ0v) is 13.7. The van der Waals surface area contributed by atoms with Crippen molar-refractivity contribution in [2.45, 2.75) is 13.8 Å². The maximum atomic E-state index is 12.5. The molecule has 8 heteroatoms. The fourth-order valence-corrected chi connectivity index (χ4v) is 3.61. The highest BCUT2D eigenvalue weighted by Crippen LogP contribution is 2.22. The molecule has 0 atom stereocenters. The number of likely N-dealkylation sites (N-methyl/N-ethyl adjacent to an activating group) is 2. The molecule has 0 bridgehead atoms. The summed E-state index contributed by atoms with van der Waals surface area (Å²) in [5.41, 5.74) is 0.427. The van der Waals surface area contributed by atoms with Crippen molar-refractivity contribution in [3.05, 3.63) is 34.2 Å². The molecule has 0 aliphatic carbocycles. The van der Waals surface area contributed by atoms with Crippen LogP contribution >= 0.6 is 11.3 Å². The molecule has 114 valence electrons. The van der Waals surface area contributed by atoms with Crippen molar-refractivity contribution < 1.29 is 13.2 Å². The Labute approximate surface area is 128 Å². The third-order valence-electron chi connectivity index (χ3n) is 3.22. The molecule has 21 heavy (non-hydrogen) atoms. The van der Waals surface area contributed by atoms with Gasteiger partial charge in [0.05, 0.1) is 10.6 Å². The SMILES string of the molecule is CCN(CC)C(=O)C1=CC(c2cccs2)=NS(=O)(=O)N1C. The lowest BCUT2D eigenvalue weighted by atomic mass is 10.2. The van der Waals surface area contributed by atoms with Gasteiger partial charge in [0.2, 0.25) is 0 Å². The van der Waals surface area contributed by atoms with Crippen molar-refractivity contribution in [1.29, 1.82) is 0 Å². The number of rotatable bonds is 4. The van der Waals surface area contributed by atoms with Crippen LogP contribution in [0.4, 0.5) is 0 Å². The Morgan fingerprint density at radius 1 is 1.38 bits per heavy atom. The van der Waals surface area contributed by atoms with Gasteiger partial charge in [0.1, 0.15) is 5.70 Å². The first-order chi connectivity index (χ1) is 9.90. The Kier molecular flexibility index (Phi) is 4.48. The van der Waals surface area contributed by atoms with Gasteiger partial charge in [-0.2, -0.15) is 8.42 Å². The van der Waals surface area contributed by atoms with E-state index in [1.165, 1.54) is 24.5 Å². The van der Waals surface area contributed by atoms with Crippen molar-refractivity contribution in [2.75, 3.05) is 20.1 Å². The summed E-state index contributed by atoms with van der Waals surface area (Å²) in [5.74, 6) is -0.310. The average molecular weight is 327 g/mol. The highest BCUT2D eigenvalue weighted by Gasteiger charge is 2.31. The predicted octanol–water partition coefficient (Wildman–Crippen LogP) is 1.48. The van der Waals surface area contributed by atoms with Crippen LogP contribution in [0.25, 0.3) is 0 Å². The number of thiophene rings is 1. The molecule has 1 aromatic rings. The molecule has 6 nitrogen and oxygen atoms in total. The van der Waals surface area contributed by atoms with Crippen molar-refractivity contribution >= 4 is 33.2 Å². The van der Waals surface area contributed by atoms with Crippen molar-refractivity contribution in [3.8, 4) is 0 Å². The summed E-state index contributed by atoms with van der Waals surface area (Å²) < 4.78 is 29.0. The zero-order chi connectivity index (χ0) is 15.6. The number of hydrogen-bond donors (Lipinski definition) is 0. The number of hydrogen-bond acceptors (Lipinski definition) is 4. The lowest BCUT2D eigenvalue weighted by Gasteiger charge is -2.27. The van der Waals surface area contributed by atoms with Crippen molar-refractivity contribution in [3.63, 3.8) is 0 Å². The normalized spacial score (nSPS) is 17.2. The third kappa shape index (κ3) is 3.01. The molecule has 0 aromatic carbocycles. The molecule has 1 amide bonds. The number of amides is 1. The van der Waals surface area contributed by atoms with Gasteiger partial charge in [-0.25, -0.2) is 4.31 Å². The van der Waals surface area contributed by atoms with Crippen molar-refractivity contribution in [2.24, 2.45) is 4.40 Å². The summed E-state index contributed by atoms with van der Waals surface area (Å²) >= 11 is 1.38. The van der Waals surface area contributed by atoms with Crippen LogP contribution in [0.5, 0.6) is 0 Å². The second kappa shape index (κ2) is 5.98. The van der Waals surface area contributed by atoms with E-state index in [0.29, 0.717) is 18.8 Å². The summed E-state index contributed by atoms with van der Waals surface area (Å²) in [7, 11) is -2.52. The minimum absolute atomic E-state index is 0.122. The maximum absolute atomic E-state index is 12.5. The predicted molar refractivity (Wildman–Crippen MR) is 83.5 cm³/mol. The standard InChI is InChI=1S/C13H17N3O3S2/c1-4-16(5-2)13(17)11-9-10(12-7-6-8-20-12)14-21(18,19)15(11)3/h6-9H,4-5H2,1-3H3. The van der Waals surface area contributed by atoms with E-state index in [2.05, 4.69) is 4.40 Å². The molecule has 0 spiro atoms. The van der Waals surface area contributed by atoms with Crippen LogP contribution in [0.15, 0.2) is 33.7 Å². The van der Waals surface area contributed by atoms with Gasteiger partial charge in [-0.05, 0) is 31.4 Å². The molecular formula is C13H17N3O3S2. The molecule has 0 radical (unpaired) electrons. The Morgan fingerprint density at radius 3 is 2.57 bits per heavy atom. The second-order valence-electron chi connectivity index (χ2n) is 4.41. The van der Waals surface area contributed by atoms with E-state index in [1.54, 1.807) is 11.0 Å². The van der Waals surface area contributed by atoms with E-state index in [9.17, 15) is 13.2 Å². The topological polar surface area (TPSA) is 70.0 Å². The van der Waals surface area contributed by atoms with Gasteiger partial charge in [-0.3, -0.25) is 4.79 Å². The minimum Gasteiger partial charge on any atom is -0.338 e. The molecule has 0 saturated carbocycles. The molecule has 1 aromatic heterocycles. The lowest BCUT2D eigenvalue weighted by molar-refractivity contribution is -0.127. The van der Waals surface area contributed by atoms with Crippen LogP contribution in [-0.4, -0.2) is 49.4 Å². The first-order valence-corrected chi connectivity index (χ1v) is 8.82. The van der Waals surface area contributed by atoms with Crippen LogP contribution in [0.2, 0.25) is 0 Å². The van der Waals surface area contributed by atoms with E-state index in [4.69, 9.17) is 0 Å². The summed E-state index contributed by atoms with van der Waals surface area (Å²) in [6.45, 7) is 4.75. The Hall–Kier alpha value is -1.67. The quantitative estimate of drug-likeness (QED) is 0.841. The molecule has 1 aliphatic heterocycles. The van der Waals surface area contributed by atoms with E-state index >= 15 is 0 Å². The van der Waals surface area contributed by atoms with Gasteiger partial charge in [0.25, 0.3) is 5.91 Å². The van der Waals surface area contributed by atoms with Crippen molar-refractivity contribution in [1.82, 2.24) is 9.21 Å². The van der Waals surface area contributed by atoms with Crippen LogP contribution in [0.1, 0.15) is 18.7 Å². The van der Waals surface area contributed by atoms with Gasteiger partial charge >= 0.3 is 10.2 Å². The zero-order valence-electron chi connectivity index (χ0n) is 12.1. The third-order valence-corrected chi connectivity index (χ3v) is 5.42. The smallest absolute Gasteiger partial charge is 0.338 e. The summed E-state index contributed by atoms with van der Waals surface area (Å²) in [6, 6.07) is 3.59. The first kappa shape index (κ1) is 15.7. The van der Waals surface area contributed by atoms with Gasteiger partial charge < -0.3 is 4.90 Å². The Morgan fingerprint density at radius 2 is 2.05 bits per heavy atom. The fourth-order valence-electron chi connectivity index (χ4n) is 1.97. The number of nitrogens with zero attached hydrogens (tertiary/aromatic N) is 3. The summed E-state index contributed by atoms with van der Waals surface area (Å²) in [4.78, 5) is 14.8. The van der Waals surface area contributed by atoms with E-state index in [-0.39, 0.29) is 11.6 Å². The second-order valence-corrected chi connectivity index (χ2v) is 6.98. The van der Waals surface area contributed by atoms with Crippen LogP contribution < -0.4 is 0 Å². The lowest BCUT2D eigenvalue weighted by Crippen LogP contribution is -2.40. The molecule has 0 fully saturated rings. The van der Waals surface area contributed by atoms with E-state index in [0.717, 1.165) is 9.18 Å². The van der Waals surface area contributed by atoms with Gasteiger partial charge in [-0.15, -0.1) is 15.7 Å². The molecule has 0 N–H and O–H groups in total.